The summed E-state index contributed by atoms with van der Waals surface area (Å²) in [4.78, 5) is 54.4. The Balaban J connectivity index is 0.00000154. The van der Waals surface area contributed by atoms with Gasteiger partial charge in [-0.25, -0.2) is 13.8 Å². The zero-order valence-electron chi connectivity index (χ0n) is 24.4. The molecule has 2 saturated heterocycles. The van der Waals surface area contributed by atoms with Crippen molar-refractivity contribution in [2.45, 2.75) is 6.10 Å². The van der Waals surface area contributed by atoms with E-state index in [2.05, 4.69) is 20.4 Å². The van der Waals surface area contributed by atoms with E-state index in [0.29, 0.717) is 39.3 Å². The van der Waals surface area contributed by atoms with Crippen LogP contribution in [0.1, 0.15) is 21.0 Å². The summed E-state index contributed by atoms with van der Waals surface area (Å²) in [5, 5.41) is 22.6. The number of alkyl halides is 1. The van der Waals surface area contributed by atoms with Crippen molar-refractivity contribution >= 4 is 41.5 Å². The van der Waals surface area contributed by atoms with Crippen LogP contribution in [0.2, 0.25) is 5.02 Å². The van der Waals surface area contributed by atoms with Gasteiger partial charge in [0.25, 0.3) is 18.3 Å². The minimum atomic E-state index is -1.37. The number of aliphatic hydroxyl groups excluding tert-OH is 1. The Bertz CT molecular complexity index is 1620. The number of hydrogen-bond acceptors (Lipinski definition) is 8. The minimum Gasteiger partial charge on any atom is -0.483 e. The van der Waals surface area contributed by atoms with Gasteiger partial charge in [-0.3, -0.25) is 19.2 Å². The number of aromatic nitrogens is 2. The van der Waals surface area contributed by atoms with Gasteiger partial charge in [-0.2, -0.15) is 4.39 Å². The van der Waals surface area contributed by atoms with E-state index in [1.807, 2.05) is 0 Å². The molecule has 13 nitrogen and oxygen atoms in total. The summed E-state index contributed by atoms with van der Waals surface area (Å²) in [6.45, 7) is 0.482. The fourth-order valence-corrected chi connectivity index (χ4v) is 5.44. The number of anilines is 1. The molecule has 2 fully saturated rings. The van der Waals surface area contributed by atoms with Gasteiger partial charge in [0.05, 0.1) is 34.5 Å². The molecular formula is C29H30ClF3N6O7. The van der Waals surface area contributed by atoms with Crippen LogP contribution in [-0.2, 0) is 16.6 Å². The number of ether oxygens (including phenoxy) is 1. The number of carbonyl (C=O) groups excluding carboxylic acids is 3. The van der Waals surface area contributed by atoms with Crippen molar-refractivity contribution in [2.24, 2.45) is 13.0 Å². The van der Waals surface area contributed by atoms with Crippen molar-refractivity contribution in [3.05, 3.63) is 64.6 Å². The Morgan fingerprint density at radius 3 is 2.39 bits per heavy atom. The van der Waals surface area contributed by atoms with Crippen LogP contribution in [-0.4, -0.2) is 106 Å². The van der Waals surface area contributed by atoms with Gasteiger partial charge in [0, 0.05) is 57.6 Å². The minimum absolute atomic E-state index is 0.0882. The third kappa shape index (κ3) is 7.24. The number of hydrogen-bond donors (Lipinski definition) is 4. The molecule has 0 spiro atoms. The molecule has 5 rings (SSSR count). The highest BCUT2D eigenvalue weighted by Gasteiger charge is 2.36. The summed E-state index contributed by atoms with van der Waals surface area (Å²) in [5.41, 5.74) is 0.360. The zero-order valence-corrected chi connectivity index (χ0v) is 25.1. The van der Waals surface area contributed by atoms with E-state index in [1.165, 1.54) is 42.1 Å². The quantitative estimate of drug-likeness (QED) is 0.277. The molecule has 2 aliphatic heterocycles. The van der Waals surface area contributed by atoms with E-state index in [0.717, 1.165) is 6.07 Å². The first kappa shape index (κ1) is 34.2. The van der Waals surface area contributed by atoms with Crippen LogP contribution in [0, 0.1) is 17.6 Å². The zero-order chi connectivity index (χ0) is 33.5. The summed E-state index contributed by atoms with van der Waals surface area (Å²) >= 11 is 6.41. The molecule has 2 unspecified atom stereocenters. The van der Waals surface area contributed by atoms with Gasteiger partial charge >= 0.3 is 0 Å². The molecule has 0 saturated carbocycles. The lowest BCUT2D eigenvalue weighted by Gasteiger charge is -2.36. The maximum Gasteiger partial charge on any atom is 0.291 e. The van der Waals surface area contributed by atoms with E-state index in [-0.39, 0.29) is 51.6 Å². The normalized spacial score (nSPS) is 17.6. The predicted octanol–water partition coefficient (Wildman–Crippen LogP) is 2.14. The van der Waals surface area contributed by atoms with Crippen molar-refractivity contribution in [3.8, 4) is 17.0 Å². The number of nitrogens with zero attached hydrogens (tertiary/aromatic N) is 4. The second kappa shape index (κ2) is 15.1. The molecule has 3 aromatic rings. The highest BCUT2D eigenvalue weighted by Crippen LogP contribution is 2.30. The molecule has 2 atom stereocenters. The number of halogens is 4. The van der Waals surface area contributed by atoms with E-state index in [4.69, 9.17) is 21.5 Å². The average molecular weight is 667 g/mol. The Labute approximate surface area is 265 Å². The molecule has 3 amide bonds. The Morgan fingerprint density at radius 1 is 1.11 bits per heavy atom. The van der Waals surface area contributed by atoms with Crippen LogP contribution in [0.15, 0.2) is 36.5 Å². The van der Waals surface area contributed by atoms with E-state index >= 15 is 0 Å². The van der Waals surface area contributed by atoms with Crippen LogP contribution in [0.3, 0.4) is 0 Å². The van der Waals surface area contributed by atoms with Crippen LogP contribution in [0.4, 0.5) is 18.9 Å². The number of carbonyl (C=O) groups is 4. The fraction of sp³-hybridized carbons (Fsp3) is 0.345. The SMILES string of the molecule is Cn1c(-c2ccc(OCF)c(F)c2F)cnc1C(=O)Nc1ccc(C(=O)N2CCN(C(=O)C3CNCC3O)CC2)c(Cl)c1.O=CO. The van der Waals surface area contributed by atoms with Gasteiger partial charge in [0.2, 0.25) is 18.6 Å². The van der Waals surface area contributed by atoms with Crippen molar-refractivity contribution in [3.63, 3.8) is 0 Å². The first-order valence-electron chi connectivity index (χ1n) is 13.9. The van der Waals surface area contributed by atoms with Gasteiger partial charge < -0.3 is 40.0 Å². The standard InChI is InChI=1S/C28H28ClF3N6O5.CH2O2/c1-36-20(17-4-5-22(43-14-30)24(32)23(17)31)12-34-25(36)26(40)35-15-2-3-16(19(29)10-15)27(41)37-6-8-38(9-7-37)28(42)18-11-33-13-21(18)39;2-1-3/h2-5,10,12,18,21,33,39H,6-9,11,13-14H2,1H3,(H,35,40);1H,(H,2,3). The molecule has 17 heteroatoms. The molecule has 0 aliphatic carbocycles. The molecule has 4 N–H and O–H groups in total. The van der Waals surface area contributed by atoms with E-state index < -0.39 is 42.2 Å². The number of rotatable bonds is 7. The topological polar surface area (TPSA) is 166 Å². The molecular weight excluding hydrogens is 637 g/mol. The molecule has 0 bridgehead atoms. The number of imidazole rings is 1. The Kier molecular flexibility index (Phi) is 11.2. The molecule has 2 aliphatic rings. The second-order valence-corrected chi connectivity index (χ2v) is 10.6. The number of carboxylic acid groups (broad SMARTS) is 1. The molecule has 0 radical (unpaired) electrons. The lowest BCUT2D eigenvalue weighted by molar-refractivity contribution is -0.139. The first-order chi connectivity index (χ1) is 22.0. The van der Waals surface area contributed by atoms with Gasteiger partial charge in [-0.15, -0.1) is 0 Å². The Hall–Kier alpha value is -4.67. The second-order valence-electron chi connectivity index (χ2n) is 10.2. The summed E-state index contributed by atoms with van der Waals surface area (Å²) in [6, 6.07) is 6.63. The largest absolute Gasteiger partial charge is 0.483 e. The highest BCUT2D eigenvalue weighted by atomic mass is 35.5. The fourth-order valence-electron chi connectivity index (χ4n) is 5.18. The van der Waals surface area contributed by atoms with E-state index in [9.17, 15) is 32.7 Å². The van der Waals surface area contributed by atoms with Crippen molar-refractivity contribution in [1.82, 2.24) is 24.7 Å². The Morgan fingerprint density at radius 2 is 1.78 bits per heavy atom. The number of benzene rings is 2. The van der Waals surface area contributed by atoms with Crippen LogP contribution in [0.5, 0.6) is 5.75 Å². The van der Waals surface area contributed by atoms with Crippen molar-refractivity contribution < 1.29 is 47.3 Å². The highest BCUT2D eigenvalue weighted by molar-refractivity contribution is 6.34. The van der Waals surface area contributed by atoms with Crippen LogP contribution in [0.25, 0.3) is 11.3 Å². The van der Waals surface area contributed by atoms with E-state index in [1.54, 1.807) is 9.80 Å². The summed E-state index contributed by atoms with van der Waals surface area (Å²) in [7, 11) is 1.44. The lowest BCUT2D eigenvalue weighted by Crippen LogP contribution is -2.53. The number of amides is 3. The molecule has 2 aromatic carbocycles. The molecule has 1 aromatic heterocycles. The third-order valence-corrected chi connectivity index (χ3v) is 7.87. The summed E-state index contributed by atoms with van der Waals surface area (Å²) in [6.07, 6.45) is 0.469. The molecule has 46 heavy (non-hydrogen) atoms. The van der Waals surface area contributed by atoms with Crippen LogP contribution < -0.4 is 15.4 Å². The summed E-state index contributed by atoms with van der Waals surface area (Å²) < 4.78 is 47.0. The predicted molar refractivity (Wildman–Crippen MR) is 158 cm³/mol. The maximum atomic E-state index is 14.6. The maximum absolute atomic E-state index is 14.6. The monoisotopic (exact) mass is 666 g/mol. The van der Waals surface area contributed by atoms with Crippen molar-refractivity contribution in [2.75, 3.05) is 51.4 Å². The number of piperazine rings is 1. The lowest BCUT2D eigenvalue weighted by atomic mass is 10.0. The van der Waals surface area contributed by atoms with Gasteiger partial charge in [0.15, 0.2) is 17.4 Å². The summed E-state index contributed by atoms with van der Waals surface area (Å²) in [5.74, 6) is -5.00. The molecule has 3 heterocycles. The number of β-amino-alcohol motifs (C(OH)–C–C–N with tert-alkyl or cyclic N) is 1. The first-order valence-corrected chi connectivity index (χ1v) is 14.2. The average Bonchev–Trinajstić information content (AvgIpc) is 3.64. The smallest absolute Gasteiger partial charge is 0.291 e. The van der Waals surface area contributed by atoms with Crippen molar-refractivity contribution in [1.29, 1.82) is 0 Å². The molecule has 246 valence electrons. The number of nitrogens with one attached hydrogen (secondary N) is 2. The van der Waals surface area contributed by atoms with Gasteiger partial charge in [-0.1, -0.05) is 11.6 Å². The third-order valence-electron chi connectivity index (χ3n) is 7.56. The van der Waals surface area contributed by atoms with Gasteiger partial charge in [0.1, 0.15) is 0 Å². The van der Waals surface area contributed by atoms with Crippen LogP contribution >= 0.6 is 11.6 Å². The van der Waals surface area contributed by atoms with Gasteiger partial charge in [-0.05, 0) is 30.3 Å². The number of aliphatic hydroxyl groups is 1.